The van der Waals surface area contributed by atoms with Gasteiger partial charge in [0, 0.05) is 0 Å². The van der Waals surface area contributed by atoms with Crippen molar-refractivity contribution < 1.29 is 0 Å². The van der Waals surface area contributed by atoms with E-state index in [-0.39, 0.29) is 5.41 Å². The third-order valence-electron chi connectivity index (χ3n) is 6.49. The Labute approximate surface area is 154 Å². The molecule has 0 N–H and O–H groups in total. The second-order valence-electron chi connectivity index (χ2n) is 8.31. The molecular formula is C25H32. The SMILES string of the molecule is CC1=C(CCc2ccccc2)C(C)(C)[C@@H](C(C)c2ccccc2)CC1. The van der Waals surface area contributed by atoms with Crippen LogP contribution in [0, 0.1) is 11.3 Å². The van der Waals surface area contributed by atoms with Gasteiger partial charge in [0.1, 0.15) is 0 Å². The van der Waals surface area contributed by atoms with Gasteiger partial charge in [0.25, 0.3) is 0 Å². The lowest BCUT2D eigenvalue weighted by Gasteiger charge is -2.45. The van der Waals surface area contributed by atoms with E-state index in [2.05, 4.69) is 88.4 Å². The molecule has 2 aromatic rings. The summed E-state index contributed by atoms with van der Waals surface area (Å²) in [6, 6.07) is 22.0. The Morgan fingerprint density at radius 2 is 1.52 bits per heavy atom. The lowest BCUT2D eigenvalue weighted by molar-refractivity contribution is 0.191. The molecule has 0 nitrogen and oxygen atoms in total. The lowest BCUT2D eigenvalue weighted by Crippen LogP contribution is -2.34. The van der Waals surface area contributed by atoms with E-state index in [4.69, 9.17) is 0 Å². The molecule has 0 fully saturated rings. The maximum absolute atomic E-state index is 2.49. The maximum Gasteiger partial charge on any atom is -0.0108 e. The predicted octanol–water partition coefficient (Wildman–Crippen LogP) is 7.18. The zero-order chi connectivity index (χ0) is 17.9. The fraction of sp³-hybridized carbons (Fsp3) is 0.440. The molecule has 0 aromatic heterocycles. The Morgan fingerprint density at radius 3 is 2.16 bits per heavy atom. The lowest BCUT2D eigenvalue weighted by atomic mass is 9.59. The Balaban J connectivity index is 1.80. The van der Waals surface area contributed by atoms with Gasteiger partial charge < -0.3 is 0 Å². The molecule has 0 saturated heterocycles. The zero-order valence-corrected chi connectivity index (χ0v) is 16.3. The fourth-order valence-corrected chi connectivity index (χ4v) is 4.97. The van der Waals surface area contributed by atoms with Crippen LogP contribution in [0.1, 0.15) is 64.0 Å². The average molecular weight is 333 g/mol. The van der Waals surface area contributed by atoms with E-state index in [1.807, 2.05) is 0 Å². The summed E-state index contributed by atoms with van der Waals surface area (Å²) in [5, 5.41) is 0. The smallest absolute Gasteiger partial charge is 0.0108 e. The fourth-order valence-electron chi connectivity index (χ4n) is 4.97. The molecule has 0 aliphatic heterocycles. The van der Waals surface area contributed by atoms with Crippen molar-refractivity contribution in [3.8, 4) is 0 Å². The predicted molar refractivity (Wildman–Crippen MR) is 109 cm³/mol. The van der Waals surface area contributed by atoms with Gasteiger partial charge in [0.15, 0.2) is 0 Å². The highest BCUT2D eigenvalue weighted by atomic mass is 14.4. The van der Waals surface area contributed by atoms with Crippen molar-refractivity contribution in [3.63, 3.8) is 0 Å². The average Bonchev–Trinajstić information content (AvgIpc) is 2.62. The van der Waals surface area contributed by atoms with Crippen LogP contribution < -0.4 is 0 Å². The van der Waals surface area contributed by atoms with Gasteiger partial charge in [-0.3, -0.25) is 0 Å². The summed E-state index contributed by atoms with van der Waals surface area (Å²) >= 11 is 0. The monoisotopic (exact) mass is 332 g/mol. The Hall–Kier alpha value is -1.82. The van der Waals surface area contributed by atoms with Crippen LogP contribution in [-0.2, 0) is 6.42 Å². The Bertz CT molecular complexity index is 706. The van der Waals surface area contributed by atoms with Gasteiger partial charge in [0.2, 0.25) is 0 Å². The van der Waals surface area contributed by atoms with E-state index < -0.39 is 0 Å². The van der Waals surface area contributed by atoms with Gasteiger partial charge in [-0.25, -0.2) is 0 Å². The third kappa shape index (κ3) is 3.89. The van der Waals surface area contributed by atoms with Crippen LogP contribution in [0.4, 0.5) is 0 Å². The molecule has 0 radical (unpaired) electrons. The summed E-state index contributed by atoms with van der Waals surface area (Å²) in [4.78, 5) is 0. The van der Waals surface area contributed by atoms with Crippen molar-refractivity contribution in [3.05, 3.63) is 82.9 Å². The first-order chi connectivity index (χ1) is 12.0. The van der Waals surface area contributed by atoms with E-state index >= 15 is 0 Å². The normalized spacial score (nSPS) is 21.2. The van der Waals surface area contributed by atoms with Gasteiger partial charge in [-0.15, -0.1) is 0 Å². The van der Waals surface area contributed by atoms with Crippen molar-refractivity contribution in [1.29, 1.82) is 0 Å². The maximum atomic E-state index is 2.49. The standard InChI is InChI=1S/C25H32/c1-19-15-17-24(20(2)22-13-9-6-10-14-22)25(3,4)23(19)18-16-21-11-7-5-8-12-21/h5-14,20,24H,15-18H2,1-4H3/t20?,24-/m1/s1. The first-order valence-electron chi connectivity index (χ1n) is 9.78. The molecule has 3 rings (SSSR count). The molecule has 2 atom stereocenters. The van der Waals surface area contributed by atoms with Crippen LogP contribution in [0.15, 0.2) is 71.8 Å². The molecule has 0 heteroatoms. The van der Waals surface area contributed by atoms with Crippen LogP contribution in [0.3, 0.4) is 0 Å². The summed E-state index contributed by atoms with van der Waals surface area (Å²) in [6.07, 6.45) is 4.92. The minimum atomic E-state index is 0.270. The summed E-state index contributed by atoms with van der Waals surface area (Å²) < 4.78 is 0. The largest absolute Gasteiger partial charge is 0.0735 e. The van der Waals surface area contributed by atoms with Gasteiger partial charge in [-0.1, -0.05) is 92.6 Å². The van der Waals surface area contributed by atoms with Gasteiger partial charge in [0.05, 0.1) is 0 Å². The zero-order valence-electron chi connectivity index (χ0n) is 16.3. The molecule has 2 aromatic carbocycles. The molecule has 0 bridgehead atoms. The molecular weight excluding hydrogens is 300 g/mol. The van der Waals surface area contributed by atoms with Crippen LogP contribution >= 0.6 is 0 Å². The summed E-state index contributed by atoms with van der Waals surface area (Å²) in [6.45, 7) is 9.77. The number of benzene rings is 2. The highest BCUT2D eigenvalue weighted by Crippen LogP contribution is 2.51. The van der Waals surface area contributed by atoms with E-state index in [1.54, 1.807) is 11.1 Å². The number of rotatable bonds is 5. The van der Waals surface area contributed by atoms with Crippen molar-refractivity contribution in [1.82, 2.24) is 0 Å². The molecule has 1 unspecified atom stereocenters. The van der Waals surface area contributed by atoms with E-state index in [0.717, 1.165) is 6.42 Å². The Kier molecular flexibility index (Phi) is 5.47. The molecule has 1 aliphatic rings. The van der Waals surface area contributed by atoms with Crippen molar-refractivity contribution in [2.75, 3.05) is 0 Å². The highest BCUT2D eigenvalue weighted by molar-refractivity contribution is 5.29. The number of hydrogen-bond donors (Lipinski definition) is 0. The molecule has 0 amide bonds. The van der Waals surface area contributed by atoms with E-state index in [9.17, 15) is 0 Å². The first kappa shape index (κ1) is 18.0. The Morgan fingerprint density at radius 1 is 0.920 bits per heavy atom. The van der Waals surface area contributed by atoms with Crippen molar-refractivity contribution in [2.24, 2.45) is 11.3 Å². The molecule has 0 heterocycles. The minimum absolute atomic E-state index is 0.270. The van der Waals surface area contributed by atoms with Gasteiger partial charge in [-0.2, -0.15) is 0 Å². The number of hydrogen-bond acceptors (Lipinski definition) is 0. The highest BCUT2D eigenvalue weighted by Gasteiger charge is 2.39. The summed E-state index contributed by atoms with van der Waals surface area (Å²) in [7, 11) is 0. The quantitative estimate of drug-likeness (QED) is 0.509. The molecule has 0 saturated carbocycles. The second-order valence-corrected chi connectivity index (χ2v) is 8.31. The van der Waals surface area contributed by atoms with Crippen molar-refractivity contribution >= 4 is 0 Å². The van der Waals surface area contributed by atoms with Crippen LogP contribution in [0.25, 0.3) is 0 Å². The van der Waals surface area contributed by atoms with Crippen LogP contribution in [0.5, 0.6) is 0 Å². The van der Waals surface area contributed by atoms with Crippen LogP contribution in [0.2, 0.25) is 0 Å². The van der Waals surface area contributed by atoms with E-state index in [1.165, 1.54) is 30.4 Å². The first-order valence-corrected chi connectivity index (χ1v) is 9.78. The van der Waals surface area contributed by atoms with Gasteiger partial charge >= 0.3 is 0 Å². The minimum Gasteiger partial charge on any atom is -0.0735 e. The molecule has 25 heavy (non-hydrogen) atoms. The van der Waals surface area contributed by atoms with Crippen molar-refractivity contribution in [2.45, 2.75) is 59.3 Å². The van der Waals surface area contributed by atoms with Crippen LogP contribution in [-0.4, -0.2) is 0 Å². The topological polar surface area (TPSA) is 0 Å². The molecule has 1 aliphatic carbocycles. The number of allylic oxidation sites excluding steroid dienone is 2. The summed E-state index contributed by atoms with van der Waals surface area (Å²) in [5.41, 5.74) is 6.55. The van der Waals surface area contributed by atoms with E-state index in [0.29, 0.717) is 11.8 Å². The second kappa shape index (κ2) is 7.60. The summed E-state index contributed by atoms with van der Waals surface area (Å²) in [5.74, 6) is 1.32. The number of aryl methyl sites for hydroxylation is 1. The van der Waals surface area contributed by atoms with Gasteiger partial charge in [-0.05, 0) is 61.0 Å². The third-order valence-corrected chi connectivity index (χ3v) is 6.49. The molecule has 0 spiro atoms. The molecule has 132 valence electrons.